The number of aliphatic carboxylic acids is 1. The average Bonchev–Trinajstić information content (AvgIpc) is 2.70. The fourth-order valence-corrected chi connectivity index (χ4v) is 2.39. The third-order valence-electron chi connectivity index (χ3n) is 4.05. The van der Waals surface area contributed by atoms with Crippen LogP contribution in [0.15, 0.2) is 54.6 Å². The molecule has 4 nitrogen and oxygen atoms in total. The summed E-state index contributed by atoms with van der Waals surface area (Å²) in [6, 6.07) is 9.34. The van der Waals surface area contributed by atoms with Crippen LogP contribution < -0.4 is 9.47 Å². The second-order valence-electron chi connectivity index (χ2n) is 6.54. The molecule has 32 heavy (non-hydrogen) atoms. The molecular formula is C21H17F7O4. The van der Waals surface area contributed by atoms with Gasteiger partial charge in [-0.05, 0) is 54.5 Å². The quantitative estimate of drug-likeness (QED) is 0.255. The number of halogens is 7. The van der Waals surface area contributed by atoms with Crippen molar-refractivity contribution < 1.29 is 50.1 Å². The smallest absolute Gasteiger partial charge is 0.453 e. The summed E-state index contributed by atoms with van der Waals surface area (Å²) in [5, 5.41) is 8.56. The molecule has 0 heterocycles. The molecule has 0 radical (unpaired) electrons. The van der Waals surface area contributed by atoms with Gasteiger partial charge in [-0.15, -0.1) is 0 Å². The van der Waals surface area contributed by atoms with E-state index in [-0.39, 0.29) is 11.5 Å². The van der Waals surface area contributed by atoms with Crippen molar-refractivity contribution in [1.82, 2.24) is 0 Å². The van der Waals surface area contributed by atoms with E-state index in [0.717, 1.165) is 30.3 Å². The number of hydrogen-bond donors (Lipinski definition) is 1. The van der Waals surface area contributed by atoms with Crippen LogP contribution in [0, 0.1) is 0 Å². The van der Waals surface area contributed by atoms with E-state index in [0.29, 0.717) is 5.56 Å². The third kappa shape index (κ3) is 7.17. The molecule has 0 atom stereocenters. The van der Waals surface area contributed by atoms with Gasteiger partial charge >= 0.3 is 24.2 Å². The van der Waals surface area contributed by atoms with Crippen LogP contribution in [-0.2, 0) is 10.9 Å². The van der Waals surface area contributed by atoms with Crippen molar-refractivity contribution in [2.75, 3.05) is 6.61 Å². The lowest BCUT2D eigenvalue weighted by Gasteiger charge is -2.19. The molecule has 0 bridgehead atoms. The van der Waals surface area contributed by atoms with Gasteiger partial charge in [0, 0.05) is 12.5 Å². The van der Waals surface area contributed by atoms with Crippen LogP contribution in [0.2, 0.25) is 0 Å². The molecule has 0 saturated carbocycles. The van der Waals surface area contributed by atoms with E-state index in [1.54, 1.807) is 0 Å². The third-order valence-corrected chi connectivity index (χ3v) is 4.05. The summed E-state index contributed by atoms with van der Waals surface area (Å²) in [6.45, 7) is -0.426. The van der Waals surface area contributed by atoms with Gasteiger partial charge in [-0.25, -0.2) is 4.79 Å². The minimum absolute atomic E-state index is 0.0746. The molecule has 11 heteroatoms. The van der Waals surface area contributed by atoms with Crippen LogP contribution in [0.3, 0.4) is 0 Å². The summed E-state index contributed by atoms with van der Waals surface area (Å²) in [5.41, 5.74) is -0.0997. The molecule has 0 aliphatic heterocycles. The van der Waals surface area contributed by atoms with Gasteiger partial charge in [0.05, 0.1) is 12.2 Å². The summed E-state index contributed by atoms with van der Waals surface area (Å²) in [7, 11) is 0. The Balaban J connectivity index is 1.90. The Kier molecular flexibility index (Phi) is 7.76. The zero-order valence-corrected chi connectivity index (χ0v) is 16.2. The van der Waals surface area contributed by atoms with Crippen LogP contribution in [-0.4, -0.2) is 29.8 Å². The van der Waals surface area contributed by atoms with Crippen LogP contribution in [0.5, 0.6) is 11.5 Å². The van der Waals surface area contributed by atoms with Gasteiger partial charge in [0.1, 0.15) is 11.5 Å². The van der Waals surface area contributed by atoms with Crippen molar-refractivity contribution in [2.24, 2.45) is 0 Å². The Morgan fingerprint density at radius 1 is 0.875 bits per heavy atom. The number of hydrogen-bond acceptors (Lipinski definition) is 3. The molecule has 0 unspecified atom stereocenters. The van der Waals surface area contributed by atoms with E-state index in [9.17, 15) is 35.5 Å². The predicted octanol–water partition coefficient (Wildman–Crippen LogP) is 6.27. The monoisotopic (exact) mass is 466 g/mol. The fourth-order valence-electron chi connectivity index (χ4n) is 2.39. The van der Waals surface area contributed by atoms with E-state index in [1.165, 1.54) is 30.3 Å². The zero-order chi connectivity index (χ0) is 24.0. The Morgan fingerprint density at radius 3 is 1.97 bits per heavy atom. The molecule has 0 saturated heterocycles. The maximum Gasteiger partial charge on any atom is 0.453 e. The van der Waals surface area contributed by atoms with Crippen LogP contribution in [0.25, 0.3) is 6.08 Å². The fraction of sp³-hybridized carbons (Fsp3) is 0.286. The van der Waals surface area contributed by atoms with Crippen molar-refractivity contribution >= 4 is 12.0 Å². The molecule has 0 aromatic heterocycles. The van der Waals surface area contributed by atoms with Gasteiger partial charge < -0.3 is 14.6 Å². The summed E-state index contributed by atoms with van der Waals surface area (Å²) in [6.07, 6.45) is -9.27. The number of ether oxygens (including phenoxy) is 2. The van der Waals surface area contributed by atoms with Crippen LogP contribution in [0.4, 0.5) is 30.7 Å². The zero-order valence-electron chi connectivity index (χ0n) is 16.2. The number of alkyl halides is 7. The number of carboxylic acids is 1. The normalized spacial score (nSPS) is 12.7. The molecule has 0 aliphatic rings. The molecule has 174 valence electrons. The maximum absolute atomic E-state index is 14.3. The van der Waals surface area contributed by atoms with E-state index in [4.69, 9.17) is 9.84 Å². The topological polar surface area (TPSA) is 55.8 Å². The van der Waals surface area contributed by atoms with Gasteiger partial charge in [0.2, 0.25) is 0 Å². The highest BCUT2D eigenvalue weighted by Crippen LogP contribution is 2.39. The highest BCUT2D eigenvalue weighted by molar-refractivity contribution is 5.85. The van der Waals surface area contributed by atoms with Gasteiger partial charge in [-0.2, -0.15) is 30.7 Å². The maximum atomic E-state index is 14.3. The second-order valence-corrected chi connectivity index (χ2v) is 6.54. The lowest BCUT2D eigenvalue weighted by molar-refractivity contribution is -0.284. The molecule has 1 N–H and O–H groups in total. The molecule has 2 rings (SSSR count). The van der Waals surface area contributed by atoms with E-state index in [1.807, 2.05) is 0 Å². The minimum atomic E-state index is -5.63. The van der Waals surface area contributed by atoms with Crippen LogP contribution >= 0.6 is 0 Å². The Labute approximate surface area is 177 Å². The number of benzene rings is 2. The number of carbonyl (C=O) groups is 1. The average molecular weight is 466 g/mol. The Hall–Kier alpha value is -3.24. The molecule has 2 aromatic carbocycles. The first kappa shape index (κ1) is 25.0. The number of rotatable bonds is 10. The van der Waals surface area contributed by atoms with Crippen molar-refractivity contribution in [2.45, 2.75) is 31.0 Å². The highest BCUT2D eigenvalue weighted by Gasteiger charge is 2.56. The van der Waals surface area contributed by atoms with Crippen molar-refractivity contribution in [3.63, 3.8) is 0 Å². The summed E-state index contributed by atoms with van der Waals surface area (Å²) in [4.78, 5) is 10.5. The summed E-state index contributed by atoms with van der Waals surface area (Å²) < 4.78 is 100. The summed E-state index contributed by atoms with van der Waals surface area (Å²) in [5.74, 6) is -6.18. The van der Waals surface area contributed by atoms with E-state index >= 15 is 0 Å². The molecule has 0 fully saturated rings. The molecule has 0 spiro atoms. The molecule has 2 aromatic rings. The van der Waals surface area contributed by atoms with Crippen molar-refractivity contribution in [1.29, 1.82) is 0 Å². The van der Waals surface area contributed by atoms with Crippen molar-refractivity contribution in [3.8, 4) is 11.5 Å². The summed E-state index contributed by atoms with van der Waals surface area (Å²) >= 11 is 0. The van der Waals surface area contributed by atoms with Gasteiger partial charge in [-0.3, -0.25) is 0 Å². The van der Waals surface area contributed by atoms with E-state index < -0.39 is 49.2 Å². The SMILES string of the molecule is O=C(O)C=Cc1ccc(C(F)(F)Oc2ccc(OCCCC(F)(F)C(F)(F)F)cc2)cc1. The molecule has 0 amide bonds. The highest BCUT2D eigenvalue weighted by atomic mass is 19.4. The molecule has 0 aliphatic carbocycles. The van der Waals surface area contributed by atoms with Gasteiger partial charge in [-0.1, -0.05) is 12.1 Å². The first-order valence-corrected chi connectivity index (χ1v) is 9.06. The van der Waals surface area contributed by atoms with E-state index in [2.05, 4.69) is 4.74 Å². The van der Waals surface area contributed by atoms with Gasteiger partial charge in [0.15, 0.2) is 0 Å². The minimum Gasteiger partial charge on any atom is -0.494 e. The van der Waals surface area contributed by atoms with Gasteiger partial charge in [0.25, 0.3) is 0 Å². The van der Waals surface area contributed by atoms with Crippen LogP contribution in [0.1, 0.15) is 24.0 Å². The second kappa shape index (κ2) is 9.92. The predicted molar refractivity (Wildman–Crippen MR) is 99.8 cm³/mol. The number of carboxylic acid groups (broad SMARTS) is 1. The molecular weight excluding hydrogens is 449 g/mol. The lowest BCUT2D eigenvalue weighted by Crippen LogP contribution is -2.36. The van der Waals surface area contributed by atoms with Crippen molar-refractivity contribution in [3.05, 3.63) is 65.7 Å². The lowest BCUT2D eigenvalue weighted by atomic mass is 10.1. The standard InChI is InChI=1S/C21H17F7O4/c22-19(23,21(26,27)28)12-1-13-31-16-7-9-17(10-8-16)32-20(24,25)15-5-2-14(3-6-15)4-11-18(29)30/h2-11H,1,12-13H2,(H,29,30). The Bertz CT molecular complexity index is 921. The largest absolute Gasteiger partial charge is 0.494 e. The Morgan fingerprint density at radius 2 is 1.44 bits per heavy atom. The first-order chi connectivity index (χ1) is 14.8. The first-order valence-electron chi connectivity index (χ1n) is 9.06.